The van der Waals surface area contributed by atoms with Crippen molar-refractivity contribution in [3.63, 3.8) is 0 Å². The van der Waals surface area contributed by atoms with Crippen LogP contribution in [0.3, 0.4) is 0 Å². The van der Waals surface area contributed by atoms with E-state index in [1.54, 1.807) is 6.07 Å². The molecule has 7 nitrogen and oxygen atoms in total. The van der Waals surface area contributed by atoms with Gasteiger partial charge in [0.2, 0.25) is 0 Å². The highest BCUT2D eigenvalue weighted by atomic mass is 16.5. The molecule has 0 radical (unpaired) electrons. The lowest BCUT2D eigenvalue weighted by molar-refractivity contribution is -0.0112. The lowest BCUT2D eigenvalue weighted by Crippen LogP contribution is -2.45. The third-order valence-corrected chi connectivity index (χ3v) is 4.67. The summed E-state index contributed by atoms with van der Waals surface area (Å²) in [5.41, 5.74) is 6.12. The van der Waals surface area contributed by atoms with Crippen molar-refractivity contribution < 1.29 is 19.0 Å². The van der Waals surface area contributed by atoms with Gasteiger partial charge in [-0.05, 0) is 24.6 Å². The fourth-order valence-electron chi connectivity index (χ4n) is 3.34. The second-order valence-corrected chi connectivity index (χ2v) is 6.68. The van der Waals surface area contributed by atoms with Gasteiger partial charge in [-0.3, -0.25) is 9.69 Å². The van der Waals surface area contributed by atoms with Gasteiger partial charge in [0, 0.05) is 51.4 Å². The van der Waals surface area contributed by atoms with Crippen molar-refractivity contribution in [2.45, 2.75) is 12.5 Å². The van der Waals surface area contributed by atoms with E-state index in [-0.39, 0.29) is 12.0 Å². The van der Waals surface area contributed by atoms with Crippen LogP contribution in [0.25, 0.3) is 0 Å². The minimum atomic E-state index is 0.0284. The summed E-state index contributed by atoms with van der Waals surface area (Å²) in [6.07, 6.45) is 0.894. The molecule has 7 heteroatoms. The summed E-state index contributed by atoms with van der Waals surface area (Å²) in [6.45, 7) is 7.14. The molecule has 2 saturated heterocycles. The Kier molecular flexibility index (Phi) is 7.25. The summed E-state index contributed by atoms with van der Waals surface area (Å²) in [7, 11) is 0. The molecule has 2 aliphatic rings. The van der Waals surface area contributed by atoms with Gasteiger partial charge in [0.1, 0.15) is 12.4 Å². The molecular formula is C19H29N3O4. The molecule has 0 bridgehead atoms. The zero-order valence-corrected chi connectivity index (χ0v) is 15.3. The van der Waals surface area contributed by atoms with E-state index in [9.17, 15) is 4.79 Å². The molecule has 1 unspecified atom stereocenters. The van der Waals surface area contributed by atoms with E-state index in [0.29, 0.717) is 44.2 Å². The van der Waals surface area contributed by atoms with E-state index < -0.39 is 0 Å². The van der Waals surface area contributed by atoms with Gasteiger partial charge in [-0.15, -0.1) is 0 Å². The van der Waals surface area contributed by atoms with Gasteiger partial charge in [0.05, 0.1) is 19.3 Å². The second-order valence-electron chi connectivity index (χ2n) is 6.68. The summed E-state index contributed by atoms with van der Waals surface area (Å²) in [6, 6.07) is 7.32. The van der Waals surface area contributed by atoms with Crippen molar-refractivity contribution in [3.05, 3.63) is 29.8 Å². The molecule has 2 aliphatic heterocycles. The average Bonchev–Trinajstić information content (AvgIpc) is 2.92. The second kappa shape index (κ2) is 9.87. The normalized spacial score (nSPS) is 22.0. The van der Waals surface area contributed by atoms with Gasteiger partial charge >= 0.3 is 0 Å². The van der Waals surface area contributed by atoms with Crippen LogP contribution in [-0.2, 0) is 9.47 Å². The fourth-order valence-corrected chi connectivity index (χ4v) is 3.34. The number of carbonyl (C=O) groups is 1. The lowest BCUT2D eigenvalue weighted by Gasteiger charge is -2.31. The first-order chi connectivity index (χ1) is 12.8. The maximum atomic E-state index is 13.0. The Morgan fingerprint density at radius 1 is 1.23 bits per heavy atom. The predicted octanol–water partition coefficient (Wildman–Crippen LogP) is 0.587. The highest BCUT2D eigenvalue weighted by Gasteiger charge is 2.26. The molecule has 2 heterocycles. The maximum Gasteiger partial charge on any atom is 0.254 e. The number of nitrogens with two attached hydrogens (primary N) is 1. The van der Waals surface area contributed by atoms with Crippen LogP contribution >= 0.6 is 0 Å². The number of rotatable bonds is 6. The molecule has 2 fully saturated rings. The maximum absolute atomic E-state index is 13.0. The largest absolute Gasteiger partial charge is 0.492 e. The van der Waals surface area contributed by atoms with Crippen LogP contribution in [0.15, 0.2) is 24.3 Å². The van der Waals surface area contributed by atoms with Crippen molar-refractivity contribution in [1.29, 1.82) is 0 Å². The molecule has 144 valence electrons. The molecule has 1 amide bonds. The summed E-state index contributed by atoms with van der Waals surface area (Å²) in [5.74, 6) is 0.706. The van der Waals surface area contributed by atoms with Crippen LogP contribution in [0, 0.1) is 0 Å². The van der Waals surface area contributed by atoms with E-state index in [0.717, 1.165) is 39.3 Å². The predicted molar refractivity (Wildman–Crippen MR) is 98.5 cm³/mol. The minimum Gasteiger partial charge on any atom is -0.492 e. The standard InChI is InChI=1S/C19H29N3O4/c20-5-10-26-17-4-1-3-16(13-17)19(23)22-6-2-9-25-18(15-22)14-21-7-11-24-12-8-21/h1,3-4,13,18H,2,5-12,14-15,20H2. The van der Waals surface area contributed by atoms with Crippen molar-refractivity contribution in [2.75, 3.05) is 65.7 Å². The average molecular weight is 363 g/mol. The first-order valence-electron chi connectivity index (χ1n) is 9.40. The Balaban J connectivity index is 1.61. The molecule has 0 spiro atoms. The van der Waals surface area contributed by atoms with E-state index in [1.807, 2.05) is 23.1 Å². The summed E-state index contributed by atoms with van der Waals surface area (Å²) < 4.78 is 16.9. The van der Waals surface area contributed by atoms with Crippen LogP contribution in [0.4, 0.5) is 0 Å². The zero-order chi connectivity index (χ0) is 18.2. The van der Waals surface area contributed by atoms with Gasteiger partial charge in [-0.2, -0.15) is 0 Å². The number of hydrogen-bond donors (Lipinski definition) is 1. The van der Waals surface area contributed by atoms with Gasteiger partial charge in [0.25, 0.3) is 5.91 Å². The zero-order valence-electron chi connectivity index (χ0n) is 15.3. The molecule has 3 rings (SSSR count). The van der Waals surface area contributed by atoms with Crippen LogP contribution in [-0.4, -0.2) is 87.5 Å². The molecule has 2 N–H and O–H groups in total. The molecule has 0 aliphatic carbocycles. The monoisotopic (exact) mass is 363 g/mol. The minimum absolute atomic E-state index is 0.0284. The van der Waals surface area contributed by atoms with Crippen LogP contribution in [0.2, 0.25) is 0 Å². The van der Waals surface area contributed by atoms with E-state index in [2.05, 4.69) is 4.90 Å². The molecule has 1 atom stereocenters. The van der Waals surface area contributed by atoms with Crippen molar-refractivity contribution in [3.8, 4) is 5.75 Å². The number of nitrogens with zero attached hydrogens (tertiary/aromatic N) is 2. The third kappa shape index (κ3) is 5.41. The Hall–Kier alpha value is -1.67. The van der Waals surface area contributed by atoms with Gasteiger partial charge < -0.3 is 24.8 Å². The number of morpholine rings is 1. The molecule has 1 aromatic carbocycles. The van der Waals surface area contributed by atoms with Crippen LogP contribution in [0.1, 0.15) is 16.8 Å². The number of hydrogen-bond acceptors (Lipinski definition) is 6. The summed E-state index contributed by atoms with van der Waals surface area (Å²) in [4.78, 5) is 17.2. The smallest absolute Gasteiger partial charge is 0.254 e. The third-order valence-electron chi connectivity index (χ3n) is 4.67. The van der Waals surface area contributed by atoms with E-state index in [1.165, 1.54) is 0 Å². The van der Waals surface area contributed by atoms with Crippen molar-refractivity contribution in [2.24, 2.45) is 5.73 Å². The van der Waals surface area contributed by atoms with E-state index in [4.69, 9.17) is 19.9 Å². The van der Waals surface area contributed by atoms with Crippen LogP contribution in [0.5, 0.6) is 5.75 Å². The highest BCUT2D eigenvalue weighted by molar-refractivity contribution is 5.94. The Morgan fingerprint density at radius 3 is 2.88 bits per heavy atom. The van der Waals surface area contributed by atoms with Crippen molar-refractivity contribution >= 4 is 5.91 Å². The quantitative estimate of drug-likeness (QED) is 0.797. The summed E-state index contributed by atoms with van der Waals surface area (Å²) in [5, 5.41) is 0. The molecule has 26 heavy (non-hydrogen) atoms. The number of ether oxygens (including phenoxy) is 3. The lowest BCUT2D eigenvalue weighted by atomic mass is 10.1. The fraction of sp³-hybridized carbons (Fsp3) is 0.632. The van der Waals surface area contributed by atoms with Crippen LogP contribution < -0.4 is 10.5 Å². The molecule has 1 aromatic rings. The Bertz CT molecular complexity index is 578. The Labute approximate surface area is 155 Å². The van der Waals surface area contributed by atoms with Gasteiger partial charge in [-0.25, -0.2) is 0 Å². The van der Waals surface area contributed by atoms with Gasteiger partial charge in [0.15, 0.2) is 0 Å². The molecule has 0 saturated carbocycles. The van der Waals surface area contributed by atoms with Gasteiger partial charge in [-0.1, -0.05) is 6.07 Å². The Morgan fingerprint density at radius 2 is 2.08 bits per heavy atom. The first-order valence-corrected chi connectivity index (χ1v) is 9.40. The molecule has 0 aromatic heterocycles. The van der Waals surface area contributed by atoms with E-state index >= 15 is 0 Å². The number of amides is 1. The van der Waals surface area contributed by atoms with Crippen molar-refractivity contribution in [1.82, 2.24) is 9.80 Å². The number of carbonyl (C=O) groups excluding carboxylic acids is 1. The highest BCUT2D eigenvalue weighted by Crippen LogP contribution is 2.17. The topological polar surface area (TPSA) is 77.3 Å². The summed E-state index contributed by atoms with van der Waals surface area (Å²) >= 11 is 0. The number of benzene rings is 1. The SMILES string of the molecule is NCCOc1cccc(C(=O)N2CCCOC(CN3CCOCC3)C2)c1. The molecular weight excluding hydrogens is 334 g/mol. The first kappa shape index (κ1) is 19.1.